The lowest BCUT2D eigenvalue weighted by Crippen LogP contribution is -2.50. The molecule has 0 aliphatic heterocycles. The fourth-order valence-corrected chi connectivity index (χ4v) is 1.95. The molecule has 0 unspecified atom stereocenters. The summed E-state index contributed by atoms with van der Waals surface area (Å²) in [5.41, 5.74) is -0.651. The first-order valence-corrected chi connectivity index (χ1v) is 5.33. The van der Waals surface area contributed by atoms with Gasteiger partial charge in [-0.15, -0.1) is 0 Å². The van der Waals surface area contributed by atoms with Gasteiger partial charge in [0.15, 0.2) is 0 Å². The zero-order valence-corrected chi connectivity index (χ0v) is 9.38. The summed E-state index contributed by atoms with van der Waals surface area (Å²) >= 11 is 0. The number of nitriles is 1. The Morgan fingerprint density at radius 3 is 2.67 bits per heavy atom. The monoisotopic (exact) mass is 210 g/mol. The first kappa shape index (κ1) is 12.0. The molecule has 1 aliphatic carbocycles. The predicted octanol–water partition coefficient (Wildman–Crippen LogP) is 1.22. The molecule has 15 heavy (non-hydrogen) atoms. The number of rotatable bonds is 3. The van der Waals surface area contributed by atoms with Crippen molar-refractivity contribution in [2.75, 3.05) is 13.7 Å². The van der Waals surface area contributed by atoms with Gasteiger partial charge in [0.25, 0.3) is 0 Å². The SMILES string of the molecule is COCC(=O)NC1(C#N)CCC(C)CC1. The van der Waals surface area contributed by atoms with E-state index >= 15 is 0 Å². The Labute approximate surface area is 90.6 Å². The molecule has 84 valence electrons. The molecule has 1 N–H and O–H groups in total. The fraction of sp³-hybridized carbons (Fsp3) is 0.818. The van der Waals surface area contributed by atoms with E-state index in [2.05, 4.69) is 18.3 Å². The van der Waals surface area contributed by atoms with Gasteiger partial charge in [-0.25, -0.2) is 0 Å². The van der Waals surface area contributed by atoms with E-state index in [-0.39, 0.29) is 12.5 Å². The number of carbonyl (C=O) groups excluding carboxylic acids is 1. The molecule has 0 atom stereocenters. The van der Waals surface area contributed by atoms with Crippen LogP contribution in [0, 0.1) is 17.2 Å². The summed E-state index contributed by atoms with van der Waals surface area (Å²) in [4.78, 5) is 11.4. The van der Waals surface area contributed by atoms with Crippen LogP contribution in [0.5, 0.6) is 0 Å². The number of hydrogen-bond acceptors (Lipinski definition) is 3. The number of carbonyl (C=O) groups is 1. The summed E-state index contributed by atoms with van der Waals surface area (Å²) in [6, 6.07) is 2.24. The fourth-order valence-electron chi connectivity index (χ4n) is 1.95. The summed E-state index contributed by atoms with van der Waals surface area (Å²) in [7, 11) is 1.47. The quantitative estimate of drug-likeness (QED) is 0.761. The van der Waals surface area contributed by atoms with E-state index in [0.29, 0.717) is 5.92 Å². The van der Waals surface area contributed by atoms with Crippen LogP contribution in [-0.4, -0.2) is 25.2 Å². The van der Waals surface area contributed by atoms with Crippen molar-refractivity contribution in [1.82, 2.24) is 5.32 Å². The van der Waals surface area contributed by atoms with Gasteiger partial charge in [0.05, 0.1) is 6.07 Å². The van der Waals surface area contributed by atoms with Crippen molar-refractivity contribution < 1.29 is 9.53 Å². The van der Waals surface area contributed by atoms with Crippen LogP contribution in [0.1, 0.15) is 32.6 Å². The van der Waals surface area contributed by atoms with Crippen LogP contribution in [0.15, 0.2) is 0 Å². The lowest BCUT2D eigenvalue weighted by atomic mass is 9.78. The molecule has 1 saturated carbocycles. The van der Waals surface area contributed by atoms with Crippen LogP contribution >= 0.6 is 0 Å². The second-order valence-electron chi connectivity index (χ2n) is 4.36. The minimum Gasteiger partial charge on any atom is -0.375 e. The van der Waals surface area contributed by atoms with E-state index in [1.165, 1.54) is 7.11 Å². The molecule has 1 fully saturated rings. The van der Waals surface area contributed by atoms with Gasteiger partial charge < -0.3 is 10.1 Å². The molecule has 1 rings (SSSR count). The average Bonchev–Trinajstić information content (AvgIpc) is 2.22. The minimum absolute atomic E-state index is 0.0268. The highest BCUT2D eigenvalue weighted by Crippen LogP contribution is 2.31. The summed E-state index contributed by atoms with van der Waals surface area (Å²) in [5.74, 6) is 0.458. The number of amides is 1. The molecule has 0 aromatic rings. The second-order valence-corrected chi connectivity index (χ2v) is 4.36. The molecule has 0 heterocycles. The third-order valence-corrected chi connectivity index (χ3v) is 3.00. The molecule has 0 aromatic carbocycles. The topological polar surface area (TPSA) is 62.1 Å². The van der Waals surface area contributed by atoms with Gasteiger partial charge >= 0.3 is 0 Å². The summed E-state index contributed by atoms with van der Waals surface area (Å²) in [6.45, 7) is 2.21. The van der Waals surface area contributed by atoms with Crippen molar-refractivity contribution >= 4 is 5.91 Å². The van der Waals surface area contributed by atoms with Crippen LogP contribution < -0.4 is 5.32 Å². The maximum atomic E-state index is 11.4. The van der Waals surface area contributed by atoms with E-state index < -0.39 is 5.54 Å². The van der Waals surface area contributed by atoms with E-state index in [9.17, 15) is 4.79 Å². The Kier molecular flexibility index (Phi) is 4.10. The molecule has 1 aliphatic rings. The van der Waals surface area contributed by atoms with Crippen LogP contribution in [0.2, 0.25) is 0 Å². The van der Waals surface area contributed by atoms with Gasteiger partial charge in [-0.1, -0.05) is 6.92 Å². The Bertz CT molecular complexity index is 262. The van der Waals surface area contributed by atoms with E-state index in [0.717, 1.165) is 25.7 Å². The number of methoxy groups -OCH3 is 1. The normalized spacial score (nSPS) is 30.6. The van der Waals surface area contributed by atoms with Crippen LogP contribution in [0.4, 0.5) is 0 Å². The zero-order chi connectivity index (χ0) is 11.3. The number of hydrogen-bond donors (Lipinski definition) is 1. The van der Waals surface area contributed by atoms with Crippen LogP contribution in [-0.2, 0) is 9.53 Å². The first-order chi connectivity index (χ1) is 7.12. The molecular formula is C11H18N2O2. The first-order valence-electron chi connectivity index (χ1n) is 5.33. The summed E-state index contributed by atoms with van der Waals surface area (Å²) in [5, 5.41) is 11.9. The molecule has 4 heteroatoms. The number of nitrogens with zero attached hydrogens (tertiary/aromatic N) is 1. The molecule has 0 bridgehead atoms. The molecule has 0 saturated heterocycles. The van der Waals surface area contributed by atoms with E-state index in [1.54, 1.807) is 0 Å². The van der Waals surface area contributed by atoms with Crippen LogP contribution in [0.3, 0.4) is 0 Å². The van der Waals surface area contributed by atoms with Gasteiger partial charge in [0, 0.05) is 7.11 Å². The molecule has 1 amide bonds. The van der Waals surface area contributed by atoms with Crippen LogP contribution in [0.25, 0.3) is 0 Å². The Morgan fingerprint density at radius 2 is 2.20 bits per heavy atom. The van der Waals surface area contributed by atoms with Gasteiger partial charge in [0.1, 0.15) is 12.1 Å². The predicted molar refractivity (Wildman–Crippen MR) is 56.0 cm³/mol. The third-order valence-electron chi connectivity index (χ3n) is 3.00. The molecule has 0 radical (unpaired) electrons. The van der Waals surface area contributed by atoms with Gasteiger partial charge in [-0.2, -0.15) is 5.26 Å². The summed E-state index contributed by atoms with van der Waals surface area (Å²) in [6.07, 6.45) is 3.50. The van der Waals surface area contributed by atoms with Gasteiger partial charge in [-0.05, 0) is 31.6 Å². The molecule has 0 spiro atoms. The highest BCUT2D eigenvalue weighted by atomic mass is 16.5. The Balaban J connectivity index is 2.55. The zero-order valence-electron chi connectivity index (χ0n) is 9.38. The molecule has 4 nitrogen and oxygen atoms in total. The highest BCUT2D eigenvalue weighted by molar-refractivity contribution is 5.78. The van der Waals surface area contributed by atoms with Crippen molar-refractivity contribution in [2.45, 2.75) is 38.1 Å². The number of nitrogens with one attached hydrogen (secondary N) is 1. The number of ether oxygens (including phenoxy) is 1. The Hall–Kier alpha value is -1.08. The van der Waals surface area contributed by atoms with Gasteiger partial charge in [0.2, 0.25) is 5.91 Å². The van der Waals surface area contributed by atoms with E-state index in [4.69, 9.17) is 10.00 Å². The largest absolute Gasteiger partial charge is 0.375 e. The van der Waals surface area contributed by atoms with Crippen molar-refractivity contribution in [3.63, 3.8) is 0 Å². The second kappa shape index (κ2) is 5.13. The van der Waals surface area contributed by atoms with E-state index in [1.807, 2.05) is 0 Å². The molecule has 0 aromatic heterocycles. The van der Waals surface area contributed by atoms with Crippen molar-refractivity contribution in [2.24, 2.45) is 5.92 Å². The lowest BCUT2D eigenvalue weighted by molar-refractivity contribution is -0.126. The van der Waals surface area contributed by atoms with Crippen molar-refractivity contribution in [3.8, 4) is 6.07 Å². The van der Waals surface area contributed by atoms with Gasteiger partial charge in [-0.3, -0.25) is 4.79 Å². The van der Waals surface area contributed by atoms with Crippen molar-refractivity contribution in [3.05, 3.63) is 0 Å². The minimum atomic E-state index is -0.651. The lowest BCUT2D eigenvalue weighted by Gasteiger charge is -2.34. The highest BCUT2D eigenvalue weighted by Gasteiger charge is 2.35. The summed E-state index contributed by atoms with van der Waals surface area (Å²) < 4.78 is 4.73. The smallest absolute Gasteiger partial charge is 0.247 e. The maximum absolute atomic E-state index is 11.4. The standard InChI is InChI=1S/C11H18N2O2/c1-9-3-5-11(8-12,6-4-9)13-10(14)7-15-2/h9H,3-7H2,1-2H3,(H,13,14). The average molecular weight is 210 g/mol. The molecular weight excluding hydrogens is 192 g/mol. The maximum Gasteiger partial charge on any atom is 0.247 e. The Morgan fingerprint density at radius 1 is 1.60 bits per heavy atom. The third kappa shape index (κ3) is 3.21. The van der Waals surface area contributed by atoms with Crippen molar-refractivity contribution in [1.29, 1.82) is 5.26 Å².